The van der Waals surface area contributed by atoms with E-state index >= 15 is 0 Å². The molecule has 0 bridgehead atoms. The first-order chi connectivity index (χ1) is 16.0. The van der Waals surface area contributed by atoms with E-state index in [2.05, 4.69) is 21.5 Å². The Morgan fingerprint density at radius 1 is 1.03 bits per heavy atom. The normalized spacial score (nSPS) is 21.6. The number of nitrogens with zero attached hydrogens (tertiary/aromatic N) is 3. The lowest BCUT2D eigenvalue weighted by Gasteiger charge is -2.36. The molecule has 34 heavy (non-hydrogen) atoms. The summed E-state index contributed by atoms with van der Waals surface area (Å²) in [4.78, 5) is 9.25. The summed E-state index contributed by atoms with van der Waals surface area (Å²) in [6.07, 6.45) is -3.01. The van der Waals surface area contributed by atoms with Crippen molar-refractivity contribution in [3.05, 3.63) is 42.0 Å². The fourth-order valence-corrected chi connectivity index (χ4v) is 4.57. The van der Waals surface area contributed by atoms with Crippen LogP contribution in [-0.4, -0.2) is 49.3 Å². The number of morpholine rings is 1. The van der Waals surface area contributed by atoms with Crippen LogP contribution in [0, 0.1) is 0 Å². The molecule has 0 saturated carbocycles. The quantitative estimate of drug-likeness (QED) is 0.546. The molecule has 2 aliphatic rings. The van der Waals surface area contributed by atoms with E-state index in [1.807, 2.05) is 39.0 Å². The van der Waals surface area contributed by atoms with Gasteiger partial charge in [-0.15, -0.1) is 13.2 Å². The number of hydrogen-bond acceptors (Lipinski definition) is 6. The molecule has 9 heteroatoms. The van der Waals surface area contributed by atoms with Gasteiger partial charge in [0, 0.05) is 37.0 Å². The maximum atomic E-state index is 12.8. The molecular formula is C25H32F3N3O3. The molecule has 1 aromatic carbocycles. The number of alkyl halides is 3. The van der Waals surface area contributed by atoms with E-state index in [1.165, 1.54) is 12.1 Å². The highest BCUT2D eigenvalue weighted by Crippen LogP contribution is 2.39. The van der Waals surface area contributed by atoms with Gasteiger partial charge in [0.15, 0.2) is 0 Å². The van der Waals surface area contributed by atoms with Crippen LogP contribution in [0.4, 0.5) is 24.7 Å². The van der Waals surface area contributed by atoms with Gasteiger partial charge in [-0.2, -0.15) is 4.98 Å². The van der Waals surface area contributed by atoms with Crippen LogP contribution in [0.5, 0.6) is 11.6 Å². The van der Waals surface area contributed by atoms with Crippen LogP contribution < -0.4 is 19.3 Å². The summed E-state index contributed by atoms with van der Waals surface area (Å²) in [5.41, 5.74) is 1.34. The number of hydrogen-bond donors (Lipinski definition) is 0. The zero-order valence-electron chi connectivity index (χ0n) is 20.1. The van der Waals surface area contributed by atoms with Crippen molar-refractivity contribution >= 4 is 11.5 Å². The summed E-state index contributed by atoms with van der Waals surface area (Å²) in [6, 6.07) is 10.3. The number of halogens is 3. The summed E-state index contributed by atoms with van der Waals surface area (Å²) in [6.45, 7) is 10.9. The summed E-state index contributed by atoms with van der Waals surface area (Å²) >= 11 is 0. The van der Waals surface area contributed by atoms with Crippen LogP contribution in [-0.2, 0) is 4.74 Å². The minimum Gasteiger partial charge on any atom is -0.472 e. The molecule has 2 atom stereocenters. The first kappa shape index (κ1) is 24.4. The third-order valence-electron chi connectivity index (χ3n) is 5.91. The predicted octanol–water partition coefficient (Wildman–Crippen LogP) is 5.72. The molecular weight excluding hydrogens is 447 g/mol. The topological polar surface area (TPSA) is 47.1 Å². The molecule has 1 unspecified atom stereocenters. The van der Waals surface area contributed by atoms with E-state index in [0.29, 0.717) is 19.1 Å². The Hall–Kier alpha value is -2.68. The van der Waals surface area contributed by atoms with Crippen molar-refractivity contribution in [3.63, 3.8) is 0 Å². The summed E-state index contributed by atoms with van der Waals surface area (Å²) in [7, 11) is 0. The lowest BCUT2D eigenvalue weighted by Crippen LogP contribution is -2.43. The predicted molar refractivity (Wildman–Crippen MR) is 125 cm³/mol. The van der Waals surface area contributed by atoms with Gasteiger partial charge in [0.05, 0.1) is 19.3 Å². The summed E-state index contributed by atoms with van der Waals surface area (Å²) in [5.74, 6) is 1.07. The van der Waals surface area contributed by atoms with Crippen molar-refractivity contribution in [3.8, 4) is 11.6 Å². The van der Waals surface area contributed by atoms with Crippen molar-refractivity contribution in [2.75, 3.05) is 36.1 Å². The monoisotopic (exact) mass is 479 g/mol. The molecule has 1 aromatic heterocycles. The van der Waals surface area contributed by atoms with Crippen LogP contribution in [0.25, 0.3) is 0 Å². The van der Waals surface area contributed by atoms with Gasteiger partial charge in [0.1, 0.15) is 17.2 Å². The van der Waals surface area contributed by atoms with Crippen molar-refractivity contribution < 1.29 is 27.4 Å². The lowest BCUT2D eigenvalue weighted by atomic mass is 10.0. The van der Waals surface area contributed by atoms with Gasteiger partial charge in [0.25, 0.3) is 0 Å². The number of ether oxygens (including phenoxy) is 3. The first-order valence-corrected chi connectivity index (χ1v) is 11.7. The van der Waals surface area contributed by atoms with Crippen molar-refractivity contribution in [2.45, 2.75) is 64.6 Å². The largest absolute Gasteiger partial charge is 0.573 e. The fraction of sp³-hybridized carbons (Fsp3) is 0.560. The Labute approximate surface area is 198 Å². The van der Waals surface area contributed by atoms with Crippen LogP contribution >= 0.6 is 0 Å². The van der Waals surface area contributed by atoms with Gasteiger partial charge < -0.3 is 24.0 Å². The smallest absolute Gasteiger partial charge is 0.472 e. The lowest BCUT2D eigenvalue weighted by molar-refractivity contribution is -0.274. The maximum Gasteiger partial charge on any atom is 0.573 e. The molecule has 2 fully saturated rings. The Morgan fingerprint density at radius 3 is 2.53 bits per heavy atom. The summed E-state index contributed by atoms with van der Waals surface area (Å²) in [5, 5.41) is 0. The highest BCUT2D eigenvalue weighted by molar-refractivity contribution is 5.60. The molecule has 2 aromatic rings. The second kappa shape index (κ2) is 9.52. The molecule has 0 N–H and O–H groups in total. The van der Waals surface area contributed by atoms with Gasteiger partial charge in [-0.25, -0.2) is 0 Å². The van der Waals surface area contributed by atoms with Gasteiger partial charge in [-0.1, -0.05) is 12.1 Å². The fourth-order valence-electron chi connectivity index (χ4n) is 4.57. The van der Waals surface area contributed by atoms with Crippen molar-refractivity contribution in [2.24, 2.45) is 0 Å². The van der Waals surface area contributed by atoms with E-state index in [4.69, 9.17) is 14.5 Å². The molecule has 0 amide bonds. The summed E-state index contributed by atoms with van der Waals surface area (Å²) < 4.78 is 54.2. The first-order valence-electron chi connectivity index (χ1n) is 11.7. The number of anilines is 2. The average Bonchev–Trinajstić information content (AvgIpc) is 3.21. The van der Waals surface area contributed by atoms with Crippen molar-refractivity contribution in [1.29, 1.82) is 0 Å². The third kappa shape index (κ3) is 6.05. The number of pyridine rings is 1. The average molecular weight is 480 g/mol. The van der Waals surface area contributed by atoms with Gasteiger partial charge in [-0.05, 0) is 58.2 Å². The Morgan fingerprint density at radius 2 is 1.82 bits per heavy atom. The van der Waals surface area contributed by atoms with Gasteiger partial charge in [-0.3, -0.25) is 0 Å². The zero-order valence-corrected chi connectivity index (χ0v) is 20.1. The molecule has 3 heterocycles. The van der Waals surface area contributed by atoms with E-state index in [-0.39, 0.29) is 17.8 Å². The molecule has 0 radical (unpaired) electrons. The van der Waals surface area contributed by atoms with E-state index in [1.54, 1.807) is 6.07 Å². The highest BCUT2D eigenvalue weighted by Gasteiger charge is 2.33. The molecule has 186 valence electrons. The highest BCUT2D eigenvalue weighted by atomic mass is 19.4. The second-order valence-electron chi connectivity index (χ2n) is 9.83. The minimum atomic E-state index is -4.72. The molecule has 0 spiro atoms. The number of aromatic nitrogens is 1. The molecule has 4 rings (SSSR count). The second-order valence-corrected chi connectivity index (χ2v) is 9.83. The maximum absolute atomic E-state index is 12.8. The Bertz CT molecular complexity index is 993. The van der Waals surface area contributed by atoms with Gasteiger partial charge in [0.2, 0.25) is 5.88 Å². The van der Waals surface area contributed by atoms with Crippen molar-refractivity contribution in [1.82, 2.24) is 4.98 Å². The van der Waals surface area contributed by atoms with Crippen LogP contribution in [0.15, 0.2) is 36.4 Å². The van der Waals surface area contributed by atoms with Gasteiger partial charge >= 0.3 is 6.36 Å². The standard InChI is InChI=1S/C25H32F3N3O3/c1-17-16-32-12-11-30(17)19-14-22(29-23(15-19)34-24(2,3)4)31-10-6-9-21(31)18-7-5-8-20(13-18)33-25(26,27)28/h5,7-8,13-15,17,21H,6,9-12,16H2,1-4H3/t17-,21?/m1/s1. The zero-order chi connectivity index (χ0) is 24.5. The SMILES string of the molecule is C[C@@H]1COCCN1c1cc(OC(C)(C)C)nc(N2CCCC2c2cccc(OC(F)(F)F)c2)c1. The number of rotatable bonds is 5. The molecule has 0 aliphatic carbocycles. The molecule has 6 nitrogen and oxygen atoms in total. The van der Waals surface area contributed by atoms with E-state index < -0.39 is 12.0 Å². The van der Waals surface area contributed by atoms with Crippen LogP contribution in [0.2, 0.25) is 0 Å². The molecule has 2 saturated heterocycles. The third-order valence-corrected chi connectivity index (χ3v) is 5.91. The minimum absolute atomic E-state index is 0.107. The Kier molecular flexibility index (Phi) is 6.85. The number of benzene rings is 1. The van der Waals surface area contributed by atoms with E-state index in [9.17, 15) is 13.2 Å². The molecule has 2 aliphatic heterocycles. The van der Waals surface area contributed by atoms with Crippen LogP contribution in [0.3, 0.4) is 0 Å². The van der Waals surface area contributed by atoms with Crippen LogP contribution in [0.1, 0.15) is 52.1 Å². The Balaban J connectivity index is 1.68. The van der Waals surface area contributed by atoms with E-state index in [0.717, 1.165) is 43.0 Å².